The molecular formula is C14H19F3O. The second kappa shape index (κ2) is 6.23. The third-order valence-electron chi connectivity index (χ3n) is 2.86. The van der Waals surface area contributed by atoms with Gasteiger partial charge in [-0.1, -0.05) is 38.8 Å². The lowest BCUT2D eigenvalue weighted by atomic mass is 9.99. The van der Waals surface area contributed by atoms with Gasteiger partial charge in [-0.25, -0.2) is 0 Å². The van der Waals surface area contributed by atoms with Gasteiger partial charge in [0, 0.05) is 0 Å². The highest BCUT2D eigenvalue weighted by Crippen LogP contribution is 2.31. The summed E-state index contributed by atoms with van der Waals surface area (Å²) >= 11 is 0. The summed E-state index contributed by atoms with van der Waals surface area (Å²) in [6.07, 6.45) is -2.89. The molecule has 0 heterocycles. The van der Waals surface area contributed by atoms with Gasteiger partial charge in [-0.2, -0.15) is 13.2 Å². The Bertz CT molecular complexity index is 372. The third-order valence-corrected chi connectivity index (χ3v) is 2.86. The lowest BCUT2D eigenvalue weighted by molar-refractivity contribution is -0.137. The van der Waals surface area contributed by atoms with Crippen LogP contribution >= 0.6 is 0 Å². The van der Waals surface area contributed by atoms with Crippen LogP contribution in [0.4, 0.5) is 13.2 Å². The Morgan fingerprint density at radius 1 is 1.17 bits per heavy atom. The number of aliphatic hydroxyl groups is 1. The van der Waals surface area contributed by atoms with Gasteiger partial charge in [-0.05, 0) is 30.0 Å². The van der Waals surface area contributed by atoms with Gasteiger partial charge in [0.2, 0.25) is 0 Å². The summed E-state index contributed by atoms with van der Waals surface area (Å²) in [5.74, 6) is 0.540. The van der Waals surface area contributed by atoms with E-state index in [1.54, 1.807) is 0 Å². The molecule has 1 aromatic carbocycles. The minimum Gasteiger partial charge on any atom is -0.388 e. The number of rotatable bonds is 5. The van der Waals surface area contributed by atoms with Crippen LogP contribution in [0.1, 0.15) is 50.3 Å². The van der Waals surface area contributed by atoms with Crippen molar-refractivity contribution in [2.75, 3.05) is 0 Å². The number of alkyl halides is 3. The van der Waals surface area contributed by atoms with E-state index in [4.69, 9.17) is 0 Å². The van der Waals surface area contributed by atoms with Gasteiger partial charge in [-0.3, -0.25) is 0 Å². The fourth-order valence-corrected chi connectivity index (χ4v) is 1.81. The molecule has 0 amide bonds. The van der Waals surface area contributed by atoms with E-state index in [1.165, 1.54) is 12.1 Å². The van der Waals surface area contributed by atoms with Crippen LogP contribution in [0.15, 0.2) is 24.3 Å². The highest BCUT2D eigenvalue weighted by molar-refractivity contribution is 5.27. The zero-order chi connectivity index (χ0) is 13.8. The fourth-order valence-electron chi connectivity index (χ4n) is 1.81. The number of halogens is 3. The molecule has 4 heteroatoms. The molecule has 0 saturated heterocycles. The summed E-state index contributed by atoms with van der Waals surface area (Å²) in [5, 5.41) is 9.86. The molecule has 1 atom stereocenters. The average Bonchev–Trinajstić information content (AvgIpc) is 2.27. The molecular weight excluding hydrogens is 241 g/mol. The maximum atomic E-state index is 12.5. The van der Waals surface area contributed by atoms with Crippen molar-refractivity contribution < 1.29 is 18.3 Å². The second-order valence-corrected chi connectivity index (χ2v) is 4.96. The van der Waals surface area contributed by atoms with Crippen LogP contribution in [0.3, 0.4) is 0 Å². The van der Waals surface area contributed by atoms with E-state index in [2.05, 4.69) is 13.8 Å². The summed E-state index contributed by atoms with van der Waals surface area (Å²) in [6, 6.07) is 4.92. The van der Waals surface area contributed by atoms with Crippen molar-refractivity contribution in [3.8, 4) is 0 Å². The number of benzene rings is 1. The Morgan fingerprint density at radius 3 is 2.39 bits per heavy atom. The molecule has 0 saturated carbocycles. The van der Waals surface area contributed by atoms with Crippen molar-refractivity contribution in [2.24, 2.45) is 5.92 Å². The Hall–Kier alpha value is -1.03. The third kappa shape index (κ3) is 4.69. The van der Waals surface area contributed by atoms with Crippen molar-refractivity contribution >= 4 is 0 Å². The first-order valence-corrected chi connectivity index (χ1v) is 6.16. The van der Waals surface area contributed by atoms with E-state index < -0.39 is 17.8 Å². The van der Waals surface area contributed by atoms with E-state index in [0.717, 1.165) is 25.0 Å². The Morgan fingerprint density at radius 2 is 1.83 bits per heavy atom. The largest absolute Gasteiger partial charge is 0.416 e. The van der Waals surface area contributed by atoms with Crippen LogP contribution in [0.2, 0.25) is 0 Å². The van der Waals surface area contributed by atoms with Crippen molar-refractivity contribution in [3.05, 3.63) is 35.4 Å². The molecule has 0 fully saturated rings. The molecule has 0 aliphatic carbocycles. The average molecular weight is 260 g/mol. The summed E-state index contributed by atoms with van der Waals surface area (Å²) < 4.78 is 37.5. The van der Waals surface area contributed by atoms with Gasteiger partial charge in [0.15, 0.2) is 0 Å². The predicted molar refractivity (Wildman–Crippen MR) is 65.1 cm³/mol. The SMILES string of the molecule is CC(C)CCCC(O)c1cccc(C(F)(F)F)c1. The van der Waals surface area contributed by atoms with Crippen LogP contribution in [0.25, 0.3) is 0 Å². The highest BCUT2D eigenvalue weighted by Gasteiger charge is 2.30. The van der Waals surface area contributed by atoms with Gasteiger partial charge >= 0.3 is 6.18 Å². The molecule has 1 rings (SSSR count). The van der Waals surface area contributed by atoms with Crippen molar-refractivity contribution in [2.45, 2.75) is 45.4 Å². The first kappa shape index (κ1) is 15.0. The lowest BCUT2D eigenvalue weighted by Crippen LogP contribution is -2.07. The topological polar surface area (TPSA) is 20.2 Å². The van der Waals surface area contributed by atoms with Gasteiger partial charge in [0.05, 0.1) is 11.7 Å². The van der Waals surface area contributed by atoms with Gasteiger partial charge in [0.25, 0.3) is 0 Å². The molecule has 0 aromatic heterocycles. The first-order chi connectivity index (χ1) is 8.30. The van der Waals surface area contributed by atoms with E-state index >= 15 is 0 Å². The standard InChI is InChI=1S/C14H19F3O/c1-10(2)5-3-8-13(18)11-6-4-7-12(9-11)14(15,16)17/h4,6-7,9-10,13,18H,3,5,8H2,1-2H3. The molecule has 0 bridgehead atoms. The number of aliphatic hydroxyl groups excluding tert-OH is 1. The molecule has 1 nitrogen and oxygen atoms in total. The normalized spacial score (nSPS) is 13.9. The zero-order valence-corrected chi connectivity index (χ0v) is 10.7. The Kier molecular flexibility index (Phi) is 5.20. The summed E-state index contributed by atoms with van der Waals surface area (Å²) in [5.41, 5.74) is -0.364. The van der Waals surface area contributed by atoms with E-state index in [1.807, 2.05) is 0 Å². The predicted octanol–water partition coefficient (Wildman–Crippen LogP) is 4.57. The minimum atomic E-state index is -4.35. The van der Waals surface area contributed by atoms with E-state index in [-0.39, 0.29) is 0 Å². The second-order valence-electron chi connectivity index (χ2n) is 4.96. The summed E-state index contributed by atoms with van der Waals surface area (Å²) in [6.45, 7) is 4.16. The van der Waals surface area contributed by atoms with Gasteiger partial charge in [0.1, 0.15) is 0 Å². The van der Waals surface area contributed by atoms with Crippen LogP contribution < -0.4 is 0 Å². The van der Waals surface area contributed by atoms with E-state index in [9.17, 15) is 18.3 Å². The zero-order valence-electron chi connectivity index (χ0n) is 10.7. The van der Waals surface area contributed by atoms with Crippen molar-refractivity contribution in [1.29, 1.82) is 0 Å². The Balaban J connectivity index is 2.66. The number of hydrogen-bond acceptors (Lipinski definition) is 1. The molecule has 102 valence electrons. The molecule has 0 aliphatic rings. The Labute approximate surface area is 106 Å². The molecule has 1 N–H and O–H groups in total. The van der Waals surface area contributed by atoms with Gasteiger partial charge < -0.3 is 5.11 Å². The molecule has 0 radical (unpaired) electrons. The summed E-state index contributed by atoms with van der Waals surface area (Å²) in [7, 11) is 0. The fraction of sp³-hybridized carbons (Fsp3) is 0.571. The lowest BCUT2D eigenvalue weighted by Gasteiger charge is -2.14. The molecule has 0 aliphatic heterocycles. The smallest absolute Gasteiger partial charge is 0.388 e. The summed E-state index contributed by atoms with van der Waals surface area (Å²) in [4.78, 5) is 0. The maximum Gasteiger partial charge on any atom is 0.416 e. The first-order valence-electron chi connectivity index (χ1n) is 6.16. The molecule has 1 aromatic rings. The monoisotopic (exact) mass is 260 g/mol. The van der Waals surface area contributed by atoms with Crippen LogP contribution in [-0.4, -0.2) is 5.11 Å². The van der Waals surface area contributed by atoms with Crippen LogP contribution in [-0.2, 0) is 6.18 Å². The molecule has 18 heavy (non-hydrogen) atoms. The highest BCUT2D eigenvalue weighted by atomic mass is 19.4. The van der Waals surface area contributed by atoms with Gasteiger partial charge in [-0.15, -0.1) is 0 Å². The number of hydrogen-bond donors (Lipinski definition) is 1. The van der Waals surface area contributed by atoms with Crippen molar-refractivity contribution in [3.63, 3.8) is 0 Å². The quantitative estimate of drug-likeness (QED) is 0.822. The minimum absolute atomic E-state index is 0.341. The maximum absolute atomic E-state index is 12.5. The van der Waals surface area contributed by atoms with Crippen LogP contribution in [0.5, 0.6) is 0 Å². The van der Waals surface area contributed by atoms with Crippen LogP contribution in [0, 0.1) is 5.92 Å². The molecule has 1 unspecified atom stereocenters. The van der Waals surface area contributed by atoms with E-state index in [0.29, 0.717) is 17.9 Å². The molecule has 0 spiro atoms. The van der Waals surface area contributed by atoms with Crippen molar-refractivity contribution in [1.82, 2.24) is 0 Å².